The van der Waals surface area contributed by atoms with Crippen LogP contribution in [-0.2, 0) is 10.0 Å². The third-order valence-corrected chi connectivity index (χ3v) is 6.87. The Morgan fingerprint density at radius 2 is 1.85 bits per heavy atom. The van der Waals surface area contributed by atoms with E-state index in [1.165, 1.54) is 6.07 Å². The average molecular weight is 388 g/mol. The van der Waals surface area contributed by atoms with Gasteiger partial charge in [0.1, 0.15) is 0 Å². The molecule has 1 aliphatic rings. The molecular weight excluding hydrogens is 362 g/mol. The summed E-state index contributed by atoms with van der Waals surface area (Å²) in [6.07, 6.45) is 2.77. The Hall–Kier alpha value is -2.38. The van der Waals surface area contributed by atoms with Crippen LogP contribution in [-0.4, -0.2) is 38.3 Å². The summed E-state index contributed by atoms with van der Waals surface area (Å²) in [5.41, 5.74) is 3.90. The quantitative estimate of drug-likeness (QED) is 0.801. The largest absolute Gasteiger partial charge is 0.288 e. The molecule has 0 bridgehead atoms. The number of para-hydroxylation sites is 1. The van der Waals surface area contributed by atoms with Crippen LogP contribution in [0.4, 0.5) is 5.69 Å². The van der Waals surface area contributed by atoms with Crippen molar-refractivity contribution in [3.63, 3.8) is 0 Å². The highest BCUT2D eigenvalue weighted by atomic mass is 32.2. The number of rotatable bonds is 5. The summed E-state index contributed by atoms with van der Waals surface area (Å²) in [6.45, 7) is 2.46. The summed E-state index contributed by atoms with van der Waals surface area (Å²) in [4.78, 5) is 12.7. The standard InChI is InChI=1S/C20H25N3O3S/c1-16-9-6-7-14-23(16)27(25,26)19-13-8-10-17(15-19)20(24)21-22(2)18-11-4-3-5-12-18/h3-5,8,10-13,15-16H,6-7,9,14H2,1-2H3,(H,21,24)/t16-/m0/s1. The topological polar surface area (TPSA) is 69.7 Å². The van der Waals surface area contributed by atoms with Crippen molar-refractivity contribution in [3.05, 3.63) is 60.2 Å². The van der Waals surface area contributed by atoms with Crippen molar-refractivity contribution in [1.82, 2.24) is 9.73 Å². The van der Waals surface area contributed by atoms with Gasteiger partial charge in [0.05, 0.1) is 10.6 Å². The second kappa shape index (κ2) is 8.10. The molecule has 0 spiro atoms. The molecule has 0 saturated carbocycles. The third kappa shape index (κ3) is 4.31. The second-order valence-corrected chi connectivity index (χ2v) is 8.71. The highest BCUT2D eigenvalue weighted by Gasteiger charge is 2.31. The fraction of sp³-hybridized carbons (Fsp3) is 0.350. The molecule has 144 valence electrons. The molecule has 1 aliphatic heterocycles. The van der Waals surface area contributed by atoms with E-state index in [1.54, 1.807) is 34.6 Å². The number of carbonyl (C=O) groups is 1. The molecule has 2 aromatic rings. The van der Waals surface area contributed by atoms with E-state index in [9.17, 15) is 13.2 Å². The number of hydrogen-bond acceptors (Lipinski definition) is 4. The fourth-order valence-electron chi connectivity index (χ4n) is 3.30. The Morgan fingerprint density at radius 1 is 1.11 bits per heavy atom. The fourth-order valence-corrected chi connectivity index (χ4v) is 5.04. The van der Waals surface area contributed by atoms with E-state index >= 15 is 0 Å². The monoisotopic (exact) mass is 387 g/mol. The van der Waals surface area contributed by atoms with Gasteiger partial charge in [0.15, 0.2) is 0 Å². The zero-order chi connectivity index (χ0) is 19.4. The zero-order valence-corrected chi connectivity index (χ0v) is 16.4. The number of sulfonamides is 1. The summed E-state index contributed by atoms with van der Waals surface area (Å²) in [7, 11) is -1.87. The summed E-state index contributed by atoms with van der Waals surface area (Å²) < 4.78 is 27.5. The normalized spacial score (nSPS) is 18.1. The van der Waals surface area contributed by atoms with E-state index in [1.807, 2.05) is 37.3 Å². The molecule has 0 aromatic heterocycles. The van der Waals surface area contributed by atoms with Crippen LogP contribution in [0.5, 0.6) is 0 Å². The molecule has 1 amide bonds. The Labute approximate surface area is 160 Å². The molecule has 0 unspecified atom stereocenters. The highest BCUT2D eigenvalue weighted by Crippen LogP contribution is 2.25. The van der Waals surface area contributed by atoms with E-state index in [0.717, 1.165) is 24.9 Å². The molecule has 2 aromatic carbocycles. The lowest BCUT2D eigenvalue weighted by atomic mass is 10.1. The van der Waals surface area contributed by atoms with Crippen molar-refractivity contribution < 1.29 is 13.2 Å². The second-order valence-electron chi connectivity index (χ2n) is 6.82. The Morgan fingerprint density at radius 3 is 2.56 bits per heavy atom. The first kappa shape index (κ1) is 19.4. The average Bonchev–Trinajstić information content (AvgIpc) is 2.69. The van der Waals surface area contributed by atoms with E-state index in [0.29, 0.717) is 12.1 Å². The van der Waals surface area contributed by atoms with Crippen LogP contribution in [0.1, 0.15) is 36.5 Å². The zero-order valence-electron chi connectivity index (χ0n) is 15.6. The van der Waals surface area contributed by atoms with Gasteiger partial charge in [-0.25, -0.2) is 8.42 Å². The van der Waals surface area contributed by atoms with Crippen LogP contribution >= 0.6 is 0 Å². The Kier molecular flexibility index (Phi) is 5.82. The lowest BCUT2D eigenvalue weighted by Crippen LogP contribution is -2.42. The van der Waals surface area contributed by atoms with Gasteiger partial charge >= 0.3 is 0 Å². The van der Waals surface area contributed by atoms with Crippen molar-refractivity contribution in [2.24, 2.45) is 0 Å². The number of hydrogen-bond donors (Lipinski definition) is 1. The van der Waals surface area contributed by atoms with Gasteiger partial charge in [-0.15, -0.1) is 0 Å². The molecule has 1 N–H and O–H groups in total. The minimum atomic E-state index is -3.61. The van der Waals surface area contributed by atoms with Gasteiger partial charge in [0.2, 0.25) is 10.0 Å². The lowest BCUT2D eigenvalue weighted by molar-refractivity contribution is 0.0951. The molecule has 6 nitrogen and oxygen atoms in total. The predicted molar refractivity (Wildman–Crippen MR) is 106 cm³/mol. The molecular formula is C20H25N3O3S. The molecule has 1 atom stereocenters. The first-order valence-electron chi connectivity index (χ1n) is 9.11. The molecule has 3 rings (SSSR count). The number of nitrogens with one attached hydrogen (secondary N) is 1. The van der Waals surface area contributed by atoms with Crippen LogP contribution in [0.25, 0.3) is 0 Å². The molecule has 0 radical (unpaired) electrons. The van der Waals surface area contributed by atoms with Gasteiger partial charge in [-0.1, -0.05) is 30.7 Å². The van der Waals surface area contributed by atoms with Gasteiger partial charge in [0, 0.05) is 25.2 Å². The molecule has 1 fully saturated rings. The molecule has 27 heavy (non-hydrogen) atoms. The number of anilines is 1. The van der Waals surface area contributed by atoms with Crippen LogP contribution in [0.3, 0.4) is 0 Å². The van der Waals surface area contributed by atoms with Gasteiger partial charge in [-0.05, 0) is 50.1 Å². The maximum absolute atomic E-state index is 13.0. The van der Waals surface area contributed by atoms with E-state index in [4.69, 9.17) is 0 Å². The molecule has 0 aliphatic carbocycles. The minimum Gasteiger partial charge on any atom is -0.288 e. The first-order chi connectivity index (χ1) is 12.9. The number of amides is 1. The smallest absolute Gasteiger partial charge is 0.269 e. The summed E-state index contributed by atoms with van der Waals surface area (Å²) >= 11 is 0. The SMILES string of the molecule is C[C@H]1CCCCN1S(=O)(=O)c1cccc(C(=O)NN(C)c2ccccc2)c1. The maximum atomic E-state index is 13.0. The summed E-state index contributed by atoms with van der Waals surface area (Å²) in [6, 6.07) is 15.6. The van der Waals surface area contributed by atoms with Crippen molar-refractivity contribution in [2.75, 3.05) is 18.6 Å². The maximum Gasteiger partial charge on any atom is 0.269 e. The summed E-state index contributed by atoms with van der Waals surface area (Å²) in [5.74, 6) is -0.356. The third-order valence-electron chi connectivity index (χ3n) is 4.86. The van der Waals surface area contributed by atoms with Crippen molar-refractivity contribution in [2.45, 2.75) is 37.1 Å². The number of piperidine rings is 1. The van der Waals surface area contributed by atoms with E-state index in [2.05, 4.69) is 5.43 Å². The van der Waals surface area contributed by atoms with Crippen molar-refractivity contribution >= 4 is 21.6 Å². The van der Waals surface area contributed by atoms with Gasteiger partial charge in [0.25, 0.3) is 5.91 Å². The molecule has 1 saturated heterocycles. The molecule has 7 heteroatoms. The van der Waals surface area contributed by atoms with Gasteiger partial charge < -0.3 is 0 Å². The number of carbonyl (C=O) groups excluding carboxylic acids is 1. The van der Waals surface area contributed by atoms with Crippen molar-refractivity contribution in [3.8, 4) is 0 Å². The summed E-state index contributed by atoms with van der Waals surface area (Å²) in [5, 5.41) is 1.61. The predicted octanol–water partition coefficient (Wildman–Crippen LogP) is 3.03. The minimum absolute atomic E-state index is 0.0227. The number of benzene rings is 2. The lowest BCUT2D eigenvalue weighted by Gasteiger charge is -2.32. The first-order valence-corrected chi connectivity index (χ1v) is 10.6. The van der Waals surface area contributed by atoms with Crippen LogP contribution in [0.15, 0.2) is 59.5 Å². The Bertz CT molecular complexity index is 900. The highest BCUT2D eigenvalue weighted by molar-refractivity contribution is 7.89. The molecule has 1 heterocycles. The van der Waals surface area contributed by atoms with Gasteiger partial charge in [-0.3, -0.25) is 15.2 Å². The van der Waals surface area contributed by atoms with Crippen LogP contribution in [0, 0.1) is 0 Å². The van der Waals surface area contributed by atoms with Crippen LogP contribution in [0.2, 0.25) is 0 Å². The number of nitrogens with zero attached hydrogens (tertiary/aromatic N) is 2. The van der Waals surface area contributed by atoms with E-state index in [-0.39, 0.29) is 16.8 Å². The van der Waals surface area contributed by atoms with Crippen molar-refractivity contribution in [1.29, 1.82) is 0 Å². The van der Waals surface area contributed by atoms with Gasteiger partial charge in [-0.2, -0.15) is 4.31 Å². The van der Waals surface area contributed by atoms with E-state index < -0.39 is 10.0 Å². The Balaban J connectivity index is 1.79. The number of hydrazine groups is 1. The van der Waals surface area contributed by atoms with Crippen LogP contribution < -0.4 is 10.4 Å².